The molecule has 2 saturated heterocycles. The van der Waals surface area contributed by atoms with Gasteiger partial charge in [-0.25, -0.2) is 4.79 Å². The first kappa shape index (κ1) is 21.6. The Kier molecular flexibility index (Phi) is 5.68. The molecule has 2 heterocycles. The Balaban J connectivity index is 1.46. The van der Waals surface area contributed by atoms with E-state index in [0.29, 0.717) is 37.7 Å². The van der Waals surface area contributed by atoms with E-state index in [1.807, 2.05) is 24.3 Å². The van der Waals surface area contributed by atoms with Gasteiger partial charge in [0, 0.05) is 13.1 Å². The largest absolute Gasteiger partial charge is 0.378 e. The molecule has 3 aliphatic rings. The fourth-order valence-corrected chi connectivity index (χ4v) is 5.64. The van der Waals surface area contributed by atoms with Crippen LogP contribution in [0.5, 0.6) is 0 Å². The molecule has 1 aromatic rings. The van der Waals surface area contributed by atoms with Crippen LogP contribution in [-0.4, -0.2) is 61.1 Å². The van der Waals surface area contributed by atoms with E-state index in [0.717, 1.165) is 30.1 Å². The van der Waals surface area contributed by atoms with Gasteiger partial charge in [0.25, 0.3) is 5.91 Å². The van der Waals surface area contributed by atoms with E-state index in [-0.39, 0.29) is 23.8 Å². The van der Waals surface area contributed by atoms with Crippen molar-refractivity contribution >= 4 is 29.2 Å². The zero-order valence-corrected chi connectivity index (χ0v) is 18.6. The molecule has 3 fully saturated rings. The number of carbonyl (C=O) groups is 3. The lowest BCUT2D eigenvalue weighted by atomic mass is 9.64. The molecule has 2 atom stereocenters. The number of carbonyl (C=O) groups excluding carboxylic acids is 3. The molecule has 1 aromatic carbocycles. The standard InChI is InChI=1S/C23H32N4O4/c1-16-12-22(2,3)15-23(13-16)20(29)27(21(30)25-23)14-19(28)24-17-6-4-5-7-18(17)26-8-10-31-11-9-26/h4-7,16H,8-15H2,1-3H3,(H,24,28)(H,25,30)/t16-,23+/m0/s1. The fourth-order valence-electron chi connectivity index (χ4n) is 5.64. The number of rotatable bonds is 4. The molecule has 2 N–H and O–H groups in total. The normalized spacial score (nSPS) is 28.0. The molecule has 168 valence electrons. The molecule has 0 aromatic heterocycles. The molecule has 8 heteroatoms. The van der Waals surface area contributed by atoms with Crippen molar-refractivity contribution in [3.05, 3.63) is 24.3 Å². The summed E-state index contributed by atoms with van der Waals surface area (Å²) in [5, 5.41) is 5.82. The van der Waals surface area contributed by atoms with Gasteiger partial charge in [-0.15, -0.1) is 0 Å². The number of nitrogens with one attached hydrogen (secondary N) is 2. The van der Waals surface area contributed by atoms with Crippen molar-refractivity contribution < 1.29 is 19.1 Å². The number of urea groups is 1. The van der Waals surface area contributed by atoms with Crippen LogP contribution < -0.4 is 15.5 Å². The Morgan fingerprint density at radius 1 is 1.19 bits per heavy atom. The number of nitrogens with zero attached hydrogens (tertiary/aromatic N) is 2. The third-order valence-corrected chi connectivity index (χ3v) is 6.46. The van der Waals surface area contributed by atoms with Crippen LogP contribution in [0.15, 0.2) is 24.3 Å². The third kappa shape index (κ3) is 4.39. The molecule has 0 radical (unpaired) electrons. The van der Waals surface area contributed by atoms with Crippen LogP contribution in [0.25, 0.3) is 0 Å². The summed E-state index contributed by atoms with van der Waals surface area (Å²) < 4.78 is 5.41. The van der Waals surface area contributed by atoms with Crippen molar-refractivity contribution in [3.8, 4) is 0 Å². The lowest BCUT2D eigenvalue weighted by molar-refractivity contribution is -0.136. The molecule has 4 rings (SSSR count). The van der Waals surface area contributed by atoms with Gasteiger partial charge in [-0.1, -0.05) is 32.9 Å². The fraction of sp³-hybridized carbons (Fsp3) is 0.609. The predicted octanol–water partition coefficient (Wildman–Crippen LogP) is 2.60. The summed E-state index contributed by atoms with van der Waals surface area (Å²) in [6.45, 7) is 8.85. The first-order chi connectivity index (χ1) is 14.7. The maximum absolute atomic E-state index is 13.3. The number of hydrogen-bond acceptors (Lipinski definition) is 5. The average Bonchev–Trinajstić information content (AvgIpc) is 2.90. The van der Waals surface area contributed by atoms with Crippen LogP contribution in [0.3, 0.4) is 0 Å². The Morgan fingerprint density at radius 3 is 2.61 bits per heavy atom. The van der Waals surface area contributed by atoms with E-state index in [1.54, 1.807) is 0 Å². The summed E-state index contributed by atoms with van der Waals surface area (Å²) in [6.07, 6.45) is 2.21. The maximum atomic E-state index is 13.3. The van der Waals surface area contributed by atoms with E-state index in [1.165, 1.54) is 0 Å². The number of hydrogen-bond donors (Lipinski definition) is 2. The van der Waals surface area contributed by atoms with Crippen LogP contribution in [-0.2, 0) is 14.3 Å². The highest BCUT2D eigenvalue weighted by Crippen LogP contribution is 2.46. The maximum Gasteiger partial charge on any atom is 0.325 e. The average molecular weight is 429 g/mol. The molecule has 1 spiro atoms. The number of benzene rings is 1. The molecular formula is C23H32N4O4. The third-order valence-electron chi connectivity index (χ3n) is 6.46. The summed E-state index contributed by atoms with van der Waals surface area (Å²) in [4.78, 5) is 42.0. The van der Waals surface area contributed by atoms with E-state index in [9.17, 15) is 14.4 Å². The van der Waals surface area contributed by atoms with Gasteiger partial charge in [0.05, 0.1) is 24.6 Å². The lowest BCUT2D eigenvalue weighted by Crippen LogP contribution is -2.54. The SMILES string of the molecule is C[C@H]1CC(C)(C)C[C@@]2(C1)NC(=O)N(CC(=O)Nc1ccccc1N1CCOCC1)C2=O. The summed E-state index contributed by atoms with van der Waals surface area (Å²) in [5.41, 5.74) is 0.638. The monoisotopic (exact) mass is 428 g/mol. The number of ether oxygens (including phenoxy) is 1. The predicted molar refractivity (Wildman–Crippen MR) is 118 cm³/mol. The number of morpholine rings is 1. The van der Waals surface area contributed by atoms with E-state index in [4.69, 9.17) is 4.74 Å². The highest BCUT2D eigenvalue weighted by Gasteiger charge is 2.56. The smallest absolute Gasteiger partial charge is 0.325 e. The summed E-state index contributed by atoms with van der Waals surface area (Å²) in [6, 6.07) is 7.09. The van der Waals surface area contributed by atoms with Crippen molar-refractivity contribution in [2.24, 2.45) is 11.3 Å². The molecule has 1 saturated carbocycles. The van der Waals surface area contributed by atoms with Gasteiger partial charge in [-0.2, -0.15) is 0 Å². The highest BCUT2D eigenvalue weighted by atomic mass is 16.5. The quantitative estimate of drug-likeness (QED) is 0.720. The second kappa shape index (κ2) is 8.15. The van der Waals surface area contributed by atoms with Crippen molar-refractivity contribution in [1.82, 2.24) is 10.2 Å². The van der Waals surface area contributed by atoms with Crippen LogP contribution in [0.4, 0.5) is 16.2 Å². The summed E-state index contributed by atoms with van der Waals surface area (Å²) >= 11 is 0. The minimum absolute atomic E-state index is 0.0457. The van der Waals surface area contributed by atoms with Gasteiger partial charge in [-0.3, -0.25) is 14.5 Å². The second-order valence-corrected chi connectivity index (χ2v) is 9.92. The van der Waals surface area contributed by atoms with Crippen LogP contribution in [0, 0.1) is 11.3 Å². The number of imide groups is 1. The highest BCUT2D eigenvalue weighted by molar-refractivity contribution is 6.10. The Hall–Kier alpha value is -2.61. The minimum Gasteiger partial charge on any atom is -0.378 e. The van der Waals surface area contributed by atoms with Gasteiger partial charge in [0.15, 0.2) is 0 Å². The lowest BCUT2D eigenvalue weighted by Gasteiger charge is -2.43. The van der Waals surface area contributed by atoms with Crippen LogP contribution in [0.1, 0.15) is 40.0 Å². The van der Waals surface area contributed by atoms with E-state index < -0.39 is 11.6 Å². The molecule has 8 nitrogen and oxygen atoms in total. The molecule has 31 heavy (non-hydrogen) atoms. The first-order valence-corrected chi connectivity index (χ1v) is 11.0. The van der Waals surface area contributed by atoms with Crippen molar-refractivity contribution in [2.75, 3.05) is 43.1 Å². The van der Waals surface area contributed by atoms with Crippen molar-refractivity contribution in [1.29, 1.82) is 0 Å². The van der Waals surface area contributed by atoms with Crippen molar-refractivity contribution in [3.63, 3.8) is 0 Å². The molecule has 0 unspecified atom stereocenters. The topological polar surface area (TPSA) is 91.0 Å². The number of para-hydroxylation sites is 2. The van der Waals surface area contributed by atoms with Crippen molar-refractivity contribution in [2.45, 2.75) is 45.6 Å². The molecular weight excluding hydrogens is 396 g/mol. The first-order valence-electron chi connectivity index (χ1n) is 11.0. The second-order valence-electron chi connectivity index (χ2n) is 9.92. The van der Waals surface area contributed by atoms with Gasteiger partial charge < -0.3 is 20.3 Å². The zero-order chi connectivity index (χ0) is 22.2. The molecule has 2 aliphatic heterocycles. The van der Waals surface area contributed by atoms with Gasteiger partial charge >= 0.3 is 6.03 Å². The van der Waals surface area contributed by atoms with Gasteiger partial charge in [0.2, 0.25) is 5.91 Å². The Morgan fingerprint density at radius 2 is 1.90 bits per heavy atom. The number of anilines is 2. The van der Waals surface area contributed by atoms with Gasteiger partial charge in [-0.05, 0) is 42.7 Å². The number of amides is 4. The van der Waals surface area contributed by atoms with Crippen LogP contribution in [0.2, 0.25) is 0 Å². The molecule has 1 aliphatic carbocycles. The van der Waals surface area contributed by atoms with Gasteiger partial charge in [0.1, 0.15) is 12.1 Å². The minimum atomic E-state index is -0.899. The zero-order valence-electron chi connectivity index (χ0n) is 18.6. The summed E-state index contributed by atoms with van der Waals surface area (Å²) in [7, 11) is 0. The Labute approximate surface area is 183 Å². The van der Waals surface area contributed by atoms with Crippen LogP contribution >= 0.6 is 0 Å². The van der Waals surface area contributed by atoms with E-state index in [2.05, 4.69) is 36.3 Å². The molecule has 4 amide bonds. The Bertz CT molecular complexity index is 880. The molecule has 0 bridgehead atoms. The summed E-state index contributed by atoms with van der Waals surface area (Å²) in [5.74, 6) is -0.347. The van der Waals surface area contributed by atoms with E-state index >= 15 is 0 Å².